The van der Waals surface area contributed by atoms with Gasteiger partial charge in [0.25, 0.3) is 0 Å². The lowest BCUT2D eigenvalue weighted by Crippen LogP contribution is -2.48. The summed E-state index contributed by atoms with van der Waals surface area (Å²) in [5, 5.41) is 2.86. The zero-order chi connectivity index (χ0) is 21.6. The van der Waals surface area contributed by atoms with Crippen molar-refractivity contribution in [2.45, 2.75) is 39.7 Å². The van der Waals surface area contributed by atoms with Gasteiger partial charge in [-0.25, -0.2) is 8.42 Å². The molecule has 0 aliphatic rings. The lowest BCUT2D eigenvalue weighted by Gasteiger charge is -2.28. The number of sulfonamides is 1. The predicted octanol–water partition coefficient (Wildman–Crippen LogP) is 3.22. The molecule has 1 amide bonds. The maximum atomic E-state index is 12.6. The minimum absolute atomic E-state index is 0.315. The number of nitrogens with one attached hydrogen (secondary N) is 1. The van der Waals surface area contributed by atoms with Crippen LogP contribution in [-0.4, -0.2) is 40.3 Å². The summed E-state index contributed by atoms with van der Waals surface area (Å²) < 4.78 is 31.1. The summed E-state index contributed by atoms with van der Waals surface area (Å²) in [4.78, 5) is 12.6. The van der Waals surface area contributed by atoms with Gasteiger partial charge in [0, 0.05) is 6.54 Å². The molecule has 0 heterocycles. The number of hydrogen-bond donors (Lipinski definition) is 1. The monoisotopic (exact) mass is 418 g/mol. The molecule has 0 radical (unpaired) electrons. The van der Waals surface area contributed by atoms with E-state index < -0.39 is 16.1 Å². The Labute approximate surface area is 173 Å². The van der Waals surface area contributed by atoms with E-state index in [0.717, 1.165) is 41.5 Å². The molecular weight excluding hydrogens is 388 g/mol. The summed E-state index contributed by atoms with van der Waals surface area (Å²) in [6.45, 7) is 5.89. The lowest BCUT2D eigenvalue weighted by atomic mass is 10.1. The molecule has 0 aliphatic carbocycles. The summed E-state index contributed by atoms with van der Waals surface area (Å²) in [7, 11) is -1.99. The Bertz CT molecular complexity index is 920. The molecule has 2 rings (SSSR count). The zero-order valence-electron chi connectivity index (χ0n) is 17.7. The Hall–Kier alpha value is -2.54. The molecule has 158 valence electrons. The number of carbonyl (C=O) groups excluding carboxylic acids is 1. The molecule has 0 aliphatic heterocycles. The highest BCUT2D eigenvalue weighted by molar-refractivity contribution is 7.92. The number of nitrogens with zero attached hydrogens (tertiary/aromatic N) is 1. The van der Waals surface area contributed by atoms with Crippen molar-refractivity contribution in [3.8, 4) is 5.75 Å². The highest BCUT2D eigenvalue weighted by Crippen LogP contribution is 2.24. The van der Waals surface area contributed by atoms with Gasteiger partial charge in [-0.15, -0.1) is 0 Å². The molecule has 0 unspecified atom stereocenters. The fourth-order valence-electron chi connectivity index (χ4n) is 3.33. The van der Waals surface area contributed by atoms with Crippen LogP contribution in [0.2, 0.25) is 0 Å². The van der Waals surface area contributed by atoms with E-state index in [2.05, 4.69) is 5.32 Å². The minimum atomic E-state index is -3.62. The van der Waals surface area contributed by atoms with Crippen LogP contribution in [0.4, 0.5) is 5.69 Å². The summed E-state index contributed by atoms with van der Waals surface area (Å²) >= 11 is 0. The van der Waals surface area contributed by atoms with Crippen molar-refractivity contribution in [2.24, 2.45) is 0 Å². The molecule has 6 nitrogen and oxygen atoms in total. The quantitative estimate of drug-likeness (QED) is 0.635. The molecule has 0 saturated heterocycles. The number of carbonyl (C=O) groups is 1. The van der Waals surface area contributed by atoms with Crippen LogP contribution in [-0.2, 0) is 21.2 Å². The second-order valence-corrected chi connectivity index (χ2v) is 9.18. The van der Waals surface area contributed by atoms with Gasteiger partial charge in [-0.3, -0.25) is 9.10 Å². The smallest absolute Gasteiger partial charge is 0.243 e. The SMILES string of the molecule is COc1ccc(CCCNC(=O)[C@H](C)N(c2cc(C)cc(C)c2)S(C)(=O)=O)cc1. The summed E-state index contributed by atoms with van der Waals surface area (Å²) in [5.74, 6) is 0.493. The first-order valence-electron chi connectivity index (χ1n) is 9.60. The van der Waals surface area contributed by atoms with Crippen molar-refractivity contribution in [3.63, 3.8) is 0 Å². The third-order valence-corrected chi connectivity index (χ3v) is 5.89. The number of anilines is 1. The molecule has 0 saturated carbocycles. The summed E-state index contributed by atoms with van der Waals surface area (Å²) in [6, 6.07) is 12.5. The maximum Gasteiger partial charge on any atom is 0.243 e. The Morgan fingerprint density at radius 2 is 1.69 bits per heavy atom. The van der Waals surface area contributed by atoms with E-state index >= 15 is 0 Å². The molecule has 1 N–H and O–H groups in total. The second-order valence-electron chi connectivity index (χ2n) is 7.32. The highest BCUT2D eigenvalue weighted by atomic mass is 32.2. The van der Waals surface area contributed by atoms with Gasteiger partial charge >= 0.3 is 0 Å². The van der Waals surface area contributed by atoms with E-state index in [1.165, 1.54) is 4.31 Å². The number of ether oxygens (including phenoxy) is 1. The lowest BCUT2D eigenvalue weighted by molar-refractivity contribution is -0.121. The fourth-order valence-corrected chi connectivity index (χ4v) is 4.49. The molecular formula is C22H30N2O4S. The average Bonchev–Trinajstić information content (AvgIpc) is 2.63. The number of benzene rings is 2. The molecule has 0 fully saturated rings. The third-order valence-electron chi connectivity index (χ3n) is 4.65. The van der Waals surface area contributed by atoms with Gasteiger partial charge in [-0.1, -0.05) is 18.2 Å². The molecule has 29 heavy (non-hydrogen) atoms. The Kier molecular flexibility index (Phi) is 7.67. The molecule has 0 spiro atoms. The predicted molar refractivity (Wildman–Crippen MR) is 117 cm³/mol. The van der Waals surface area contributed by atoms with E-state index in [-0.39, 0.29) is 5.91 Å². The number of hydrogen-bond acceptors (Lipinski definition) is 4. The number of aryl methyl sites for hydroxylation is 3. The van der Waals surface area contributed by atoms with Crippen molar-refractivity contribution in [1.82, 2.24) is 5.32 Å². The van der Waals surface area contributed by atoms with Gasteiger partial charge in [-0.2, -0.15) is 0 Å². The molecule has 2 aromatic rings. The Morgan fingerprint density at radius 1 is 1.10 bits per heavy atom. The number of rotatable bonds is 9. The summed E-state index contributed by atoms with van der Waals surface area (Å²) in [5.41, 5.74) is 3.55. The van der Waals surface area contributed by atoms with Gasteiger partial charge in [-0.05, 0) is 74.6 Å². The van der Waals surface area contributed by atoms with Crippen LogP contribution in [0.3, 0.4) is 0 Å². The molecule has 0 aromatic heterocycles. The first kappa shape index (κ1) is 22.7. The molecule has 1 atom stereocenters. The normalized spacial score (nSPS) is 12.3. The van der Waals surface area contributed by atoms with Crippen molar-refractivity contribution in [3.05, 3.63) is 59.2 Å². The average molecular weight is 419 g/mol. The van der Waals surface area contributed by atoms with Gasteiger partial charge in [0.2, 0.25) is 15.9 Å². The van der Waals surface area contributed by atoms with Crippen LogP contribution in [0, 0.1) is 13.8 Å². The van der Waals surface area contributed by atoms with Crippen molar-refractivity contribution in [2.75, 3.05) is 24.2 Å². The molecule has 0 bridgehead atoms. The van der Waals surface area contributed by atoms with Crippen LogP contribution < -0.4 is 14.4 Å². The van der Waals surface area contributed by atoms with Gasteiger partial charge in [0.15, 0.2) is 0 Å². The van der Waals surface area contributed by atoms with E-state index in [0.29, 0.717) is 12.2 Å². The van der Waals surface area contributed by atoms with Gasteiger partial charge in [0.1, 0.15) is 11.8 Å². The van der Waals surface area contributed by atoms with Gasteiger partial charge < -0.3 is 10.1 Å². The maximum absolute atomic E-state index is 12.6. The van der Waals surface area contributed by atoms with E-state index in [4.69, 9.17) is 4.74 Å². The van der Waals surface area contributed by atoms with Crippen LogP contribution in [0.1, 0.15) is 30.0 Å². The van der Waals surface area contributed by atoms with Crippen molar-refractivity contribution in [1.29, 1.82) is 0 Å². The standard InChI is InChI=1S/C22H30N2O4S/c1-16-13-17(2)15-20(14-16)24(29(5,26)27)18(3)22(25)23-12-6-7-19-8-10-21(28-4)11-9-19/h8-11,13-15,18H,6-7,12H2,1-5H3,(H,23,25)/t18-/m0/s1. The molecule has 7 heteroatoms. The first-order valence-corrected chi connectivity index (χ1v) is 11.4. The van der Waals surface area contributed by atoms with E-state index in [9.17, 15) is 13.2 Å². The van der Waals surface area contributed by atoms with Crippen LogP contribution >= 0.6 is 0 Å². The van der Waals surface area contributed by atoms with Crippen LogP contribution in [0.5, 0.6) is 5.75 Å². The van der Waals surface area contributed by atoms with E-state index in [1.807, 2.05) is 44.2 Å². The van der Waals surface area contributed by atoms with Crippen molar-refractivity contribution < 1.29 is 17.9 Å². The molecule has 2 aromatic carbocycles. The van der Waals surface area contributed by atoms with Gasteiger partial charge in [0.05, 0.1) is 19.1 Å². The van der Waals surface area contributed by atoms with Crippen LogP contribution in [0.15, 0.2) is 42.5 Å². The Morgan fingerprint density at radius 3 is 2.21 bits per heavy atom. The largest absolute Gasteiger partial charge is 0.497 e. The fraction of sp³-hybridized carbons (Fsp3) is 0.409. The second kappa shape index (κ2) is 9.78. The zero-order valence-corrected chi connectivity index (χ0v) is 18.5. The first-order chi connectivity index (χ1) is 13.6. The highest BCUT2D eigenvalue weighted by Gasteiger charge is 2.29. The summed E-state index contributed by atoms with van der Waals surface area (Å²) in [6.07, 6.45) is 2.69. The number of amides is 1. The van der Waals surface area contributed by atoms with E-state index in [1.54, 1.807) is 26.2 Å². The third kappa shape index (κ3) is 6.49. The topological polar surface area (TPSA) is 75.7 Å². The Balaban J connectivity index is 1.99. The van der Waals surface area contributed by atoms with Crippen molar-refractivity contribution >= 4 is 21.6 Å². The number of methoxy groups -OCH3 is 1. The van der Waals surface area contributed by atoms with Crippen LogP contribution in [0.25, 0.3) is 0 Å². The minimum Gasteiger partial charge on any atom is -0.497 e.